The van der Waals surface area contributed by atoms with E-state index in [4.69, 9.17) is 4.74 Å². The number of ketones is 1. The van der Waals surface area contributed by atoms with Crippen LogP contribution in [0.1, 0.15) is 36.2 Å². The summed E-state index contributed by atoms with van der Waals surface area (Å²) in [6.07, 6.45) is -0.323. The molecule has 154 valence electrons. The first-order valence-electron chi connectivity index (χ1n) is 9.39. The number of amides is 2. The number of benzene rings is 2. The highest BCUT2D eigenvalue weighted by Gasteiger charge is 2.23. The Hall–Kier alpha value is -3.22. The van der Waals surface area contributed by atoms with Gasteiger partial charge in [0.05, 0.1) is 6.54 Å². The van der Waals surface area contributed by atoms with Crippen molar-refractivity contribution in [3.63, 3.8) is 0 Å². The molecule has 0 aliphatic carbocycles. The minimum Gasteiger partial charge on any atom is -0.445 e. The van der Waals surface area contributed by atoms with Crippen LogP contribution in [0.15, 0.2) is 54.6 Å². The molecule has 2 aromatic rings. The van der Waals surface area contributed by atoms with Crippen LogP contribution in [0.5, 0.6) is 0 Å². The van der Waals surface area contributed by atoms with Crippen LogP contribution < -0.4 is 10.6 Å². The molecule has 0 aliphatic rings. The zero-order chi connectivity index (χ0) is 21.2. The highest BCUT2D eigenvalue weighted by atomic mass is 19.1. The largest absolute Gasteiger partial charge is 0.445 e. The van der Waals surface area contributed by atoms with E-state index in [1.165, 1.54) is 24.3 Å². The maximum Gasteiger partial charge on any atom is 0.408 e. The third kappa shape index (κ3) is 7.73. The van der Waals surface area contributed by atoms with Crippen LogP contribution in [0.2, 0.25) is 0 Å². The van der Waals surface area contributed by atoms with Gasteiger partial charge in [-0.2, -0.15) is 0 Å². The normalized spacial score (nSPS) is 11.6. The molecular weight excluding hydrogens is 375 g/mol. The fourth-order valence-electron chi connectivity index (χ4n) is 2.64. The summed E-state index contributed by atoms with van der Waals surface area (Å²) in [5.74, 6) is -1.15. The molecule has 6 nitrogen and oxygen atoms in total. The number of hydrogen-bond donors (Lipinski definition) is 2. The summed E-state index contributed by atoms with van der Waals surface area (Å²) in [6, 6.07) is 13.4. The molecule has 29 heavy (non-hydrogen) atoms. The van der Waals surface area contributed by atoms with Gasteiger partial charge in [0.1, 0.15) is 18.5 Å². The van der Waals surface area contributed by atoms with Gasteiger partial charge in [0, 0.05) is 5.56 Å². The summed E-state index contributed by atoms with van der Waals surface area (Å²) in [7, 11) is 0. The van der Waals surface area contributed by atoms with Crippen LogP contribution in [-0.4, -0.2) is 30.4 Å². The molecule has 0 fully saturated rings. The number of nitrogens with one attached hydrogen (secondary N) is 2. The number of hydrogen-bond acceptors (Lipinski definition) is 4. The third-order valence-corrected chi connectivity index (χ3v) is 4.12. The van der Waals surface area contributed by atoms with Crippen molar-refractivity contribution in [2.24, 2.45) is 5.92 Å². The lowest BCUT2D eigenvalue weighted by atomic mass is 10.0. The first-order chi connectivity index (χ1) is 13.8. The van der Waals surface area contributed by atoms with E-state index in [1.807, 2.05) is 44.2 Å². The minimum absolute atomic E-state index is 0.0890. The molecule has 0 saturated heterocycles. The van der Waals surface area contributed by atoms with Gasteiger partial charge in [0.15, 0.2) is 5.78 Å². The van der Waals surface area contributed by atoms with Crippen molar-refractivity contribution in [3.8, 4) is 0 Å². The van der Waals surface area contributed by atoms with Crippen molar-refractivity contribution in [2.75, 3.05) is 6.54 Å². The standard InChI is InChI=1S/C22H25FN2O4/c1-15(2)12-19(25-22(28)29-14-16-6-4-3-5-7-16)21(27)24-13-20(26)17-8-10-18(23)11-9-17/h3-11,15,19H,12-14H2,1-2H3,(H,24,27)(H,25,28)/t19-/m0/s1. The topological polar surface area (TPSA) is 84.5 Å². The van der Waals surface area contributed by atoms with Gasteiger partial charge in [0.2, 0.25) is 5.91 Å². The summed E-state index contributed by atoms with van der Waals surface area (Å²) in [4.78, 5) is 36.7. The molecule has 0 spiro atoms. The number of alkyl carbamates (subject to hydrolysis) is 1. The Bertz CT molecular complexity index is 822. The molecule has 0 radical (unpaired) electrons. The quantitative estimate of drug-likeness (QED) is 0.632. The van der Waals surface area contributed by atoms with Gasteiger partial charge >= 0.3 is 6.09 Å². The van der Waals surface area contributed by atoms with Gasteiger partial charge < -0.3 is 15.4 Å². The summed E-state index contributed by atoms with van der Waals surface area (Å²) in [6.45, 7) is 3.67. The summed E-state index contributed by atoms with van der Waals surface area (Å²) in [5.41, 5.74) is 1.12. The lowest BCUT2D eigenvalue weighted by molar-refractivity contribution is -0.123. The van der Waals surface area contributed by atoms with Gasteiger partial charge in [-0.25, -0.2) is 9.18 Å². The molecule has 2 amide bonds. The van der Waals surface area contributed by atoms with E-state index >= 15 is 0 Å². The van der Waals surface area contributed by atoms with Gasteiger partial charge in [-0.15, -0.1) is 0 Å². The molecule has 2 rings (SSSR count). The predicted molar refractivity (Wildman–Crippen MR) is 107 cm³/mol. The fourth-order valence-corrected chi connectivity index (χ4v) is 2.64. The number of halogens is 1. The SMILES string of the molecule is CC(C)C[C@H](NC(=O)OCc1ccccc1)C(=O)NCC(=O)c1ccc(F)cc1. The minimum atomic E-state index is -0.834. The van der Waals surface area contributed by atoms with Crippen molar-refractivity contribution >= 4 is 17.8 Å². The first kappa shape index (κ1) is 22.1. The fraction of sp³-hybridized carbons (Fsp3) is 0.318. The van der Waals surface area contributed by atoms with E-state index < -0.39 is 23.9 Å². The predicted octanol–water partition coefficient (Wildman–Crippen LogP) is 3.47. The molecule has 0 saturated carbocycles. The highest BCUT2D eigenvalue weighted by Crippen LogP contribution is 2.07. The zero-order valence-corrected chi connectivity index (χ0v) is 16.5. The Morgan fingerprint density at radius 1 is 1.00 bits per heavy atom. The first-order valence-corrected chi connectivity index (χ1v) is 9.39. The van der Waals surface area contributed by atoms with E-state index in [0.717, 1.165) is 5.56 Å². The van der Waals surface area contributed by atoms with Crippen LogP contribution in [-0.2, 0) is 16.1 Å². The molecule has 0 aliphatic heterocycles. The van der Waals surface area contributed by atoms with Crippen molar-refractivity contribution in [1.82, 2.24) is 10.6 Å². The van der Waals surface area contributed by atoms with E-state index in [0.29, 0.717) is 12.0 Å². The third-order valence-electron chi connectivity index (χ3n) is 4.12. The average Bonchev–Trinajstić information content (AvgIpc) is 2.70. The monoisotopic (exact) mass is 400 g/mol. The number of ether oxygens (including phenoxy) is 1. The Morgan fingerprint density at radius 3 is 2.28 bits per heavy atom. The van der Waals surface area contributed by atoms with E-state index in [9.17, 15) is 18.8 Å². The molecule has 0 bridgehead atoms. The van der Waals surface area contributed by atoms with Crippen LogP contribution in [0.4, 0.5) is 9.18 Å². The van der Waals surface area contributed by atoms with E-state index in [-0.39, 0.29) is 24.9 Å². The molecule has 0 aromatic heterocycles. The number of carbonyl (C=O) groups is 3. The molecule has 2 aromatic carbocycles. The number of carbonyl (C=O) groups excluding carboxylic acids is 3. The Balaban J connectivity index is 1.88. The van der Waals surface area contributed by atoms with Crippen LogP contribution >= 0.6 is 0 Å². The Labute approximate surface area is 169 Å². The molecule has 0 unspecified atom stereocenters. The van der Waals surface area contributed by atoms with Crippen LogP contribution in [0.3, 0.4) is 0 Å². The summed E-state index contributed by atoms with van der Waals surface area (Å²) in [5, 5.41) is 5.08. The van der Waals surface area contributed by atoms with Gasteiger partial charge in [-0.1, -0.05) is 44.2 Å². The molecular formula is C22H25FN2O4. The molecule has 2 N–H and O–H groups in total. The van der Waals surface area contributed by atoms with Gasteiger partial charge in [-0.05, 0) is 42.2 Å². The summed E-state index contributed by atoms with van der Waals surface area (Å²) < 4.78 is 18.1. The van der Waals surface area contributed by atoms with Gasteiger partial charge in [0.25, 0.3) is 0 Å². The van der Waals surface area contributed by atoms with Gasteiger partial charge in [-0.3, -0.25) is 9.59 Å². The Morgan fingerprint density at radius 2 is 1.66 bits per heavy atom. The maximum absolute atomic E-state index is 13.0. The lowest BCUT2D eigenvalue weighted by Gasteiger charge is -2.20. The second-order valence-corrected chi connectivity index (χ2v) is 7.04. The average molecular weight is 400 g/mol. The lowest BCUT2D eigenvalue weighted by Crippen LogP contribution is -2.48. The molecule has 0 heterocycles. The van der Waals surface area contributed by atoms with Crippen molar-refractivity contribution < 1.29 is 23.5 Å². The highest BCUT2D eigenvalue weighted by molar-refractivity contribution is 6.00. The van der Waals surface area contributed by atoms with Crippen molar-refractivity contribution in [2.45, 2.75) is 32.9 Å². The molecule has 7 heteroatoms. The van der Waals surface area contributed by atoms with Crippen molar-refractivity contribution in [3.05, 3.63) is 71.5 Å². The second kappa shape index (κ2) is 10.9. The number of rotatable bonds is 9. The van der Waals surface area contributed by atoms with E-state index in [1.54, 1.807) is 0 Å². The molecule has 1 atom stereocenters. The van der Waals surface area contributed by atoms with Crippen molar-refractivity contribution in [1.29, 1.82) is 0 Å². The van der Waals surface area contributed by atoms with E-state index in [2.05, 4.69) is 10.6 Å². The smallest absolute Gasteiger partial charge is 0.408 e. The van der Waals surface area contributed by atoms with Crippen LogP contribution in [0.25, 0.3) is 0 Å². The number of Topliss-reactive ketones (excluding diaryl/α,β-unsaturated/α-hetero) is 1. The zero-order valence-electron chi connectivity index (χ0n) is 16.5. The Kier molecular flexibility index (Phi) is 8.33. The van der Waals surface area contributed by atoms with Crippen LogP contribution in [0, 0.1) is 11.7 Å². The maximum atomic E-state index is 13.0. The summed E-state index contributed by atoms with van der Waals surface area (Å²) >= 11 is 0. The second-order valence-electron chi connectivity index (χ2n) is 7.04.